The van der Waals surface area contributed by atoms with Gasteiger partial charge in [-0.15, -0.1) is 0 Å². The summed E-state index contributed by atoms with van der Waals surface area (Å²) >= 11 is 0. The topological polar surface area (TPSA) is 29.3 Å². The van der Waals surface area contributed by atoms with Crippen molar-refractivity contribution in [3.8, 4) is 0 Å². The number of halogens is 2. The van der Waals surface area contributed by atoms with Crippen LogP contribution >= 0.6 is 0 Å². The van der Waals surface area contributed by atoms with E-state index in [9.17, 15) is 8.78 Å². The smallest absolute Gasteiger partial charge is 0.199 e. The van der Waals surface area contributed by atoms with Crippen molar-refractivity contribution in [3.63, 3.8) is 0 Å². The fourth-order valence-electron chi connectivity index (χ4n) is 3.30. The van der Waals surface area contributed by atoms with E-state index in [2.05, 4.69) is 9.88 Å². The summed E-state index contributed by atoms with van der Waals surface area (Å²) in [7, 11) is 0. The van der Waals surface area contributed by atoms with Gasteiger partial charge in [0.05, 0.1) is 0 Å². The first-order valence-corrected chi connectivity index (χ1v) is 8.12. The van der Waals surface area contributed by atoms with Crippen LogP contribution < -0.4 is 0 Å². The number of hydrogen-bond donors (Lipinski definition) is 0. The van der Waals surface area contributed by atoms with Gasteiger partial charge < -0.3 is 4.42 Å². The summed E-state index contributed by atoms with van der Waals surface area (Å²) < 4.78 is 32.2. The van der Waals surface area contributed by atoms with Crippen LogP contribution in [0, 0.1) is 18.6 Å². The van der Waals surface area contributed by atoms with E-state index < -0.39 is 11.6 Å². The molecule has 0 N–H and O–H groups in total. The average molecular weight is 328 g/mol. The molecule has 1 aliphatic heterocycles. The van der Waals surface area contributed by atoms with Crippen LogP contribution in [-0.2, 0) is 6.54 Å². The van der Waals surface area contributed by atoms with E-state index in [4.69, 9.17) is 4.42 Å². The Hall–Kier alpha value is -2.27. The molecule has 1 aliphatic rings. The van der Waals surface area contributed by atoms with Crippen molar-refractivity contribution in [2.24, 2.45) is 0 Å². The van der Waals surface area contributed by atoms with Crippen molar-refractivity contribution < 1.29 is 13.2 Å². The lowest BCUT2D eigenvalue weighted by molar-refractivity contribution is 0.320. The van der Waals surface area contributed by atoms with Crippen LogP contribution in [0.4, 0.5) is 8.78 Å². The molecule has 4 rings (SSSR count). The van der Waals surface area contributed by atoms with Crippen molar-refractivity contribution in [1.29, 1.82) is 0 Å². The number of aryl methyl sites for hydroxylation is 1. The largest absolute Gasteiger partial charge is 0.440 e. The van der Waals surface area contributed by atoms with Crippen molar-refractivity contribution >= 4 is 11.1 Å². The highest BCUT2D eigenvalue weighted by atomic mass is 19.2. The third-order valence-electron chi connectivity index (χ3n) is 4.57. The first kappa shape index (κ1) is 15.3. The molecule has 1 saturated heterocycles. The van der Waals surface area contributed by atoms with E-state index in [1.54, 1.807) is 6.07 Å². The minimum Gasteiger partial charge on any atom is -0.440 e. The number of benzene rings is 2. The molecule has 3 aromatic rings. The Kier molecular flexibility index (Phi) is 3.81. The van der Waals surface area contributed by atoms with Gasteiger partial charge in [0.15, 0.2) is 23.1 Å². The maximum atomic E-state index is 13.3. The third kappa shape index (κ3) is 2.91. The molecule has 24 heavy (non-hydrogen) atoms. The zero-order valence-corrected chi connectivity index (χ0v) is 13.4. The minimum atomic E-state index is -0.806. The van der Waals surface area contributed by atoms with E-state index in [0.29, 0.717) is 6.54 Å². The molecule has 0 radical (unpaired) electrons. The van der Waals surface area contributed by atoms with E-state index in [0.717, 1.165) is 47.6 Å². The van der Waals surface area contributed by atoms with Crippen molar-refractivity contribution in [1.82, 2.24) is 9.88 Å². The van der Waals surface area contributed by atoms with Crippen molar-refractivity contribution in [3.05, 3.63) is 65.1 Å². The lowest BCUT2D eigenvalue weighted by atomic mass is 10.1. The molecule has 1 atom stereocenters. The Morgan fingerprint density at radius 3 is 2.88 bits per heavy atom. The number of hydrogen-bond acceptors (Lipinski definition) is 3. The van der Waals surface area contributed by atoms with E-state index in [-0.39, 0.29) is 5.92 Å². The lowest BCUT2D eigenvalue weighted by Gasteiger charge is -2.15. The Balaban J connectivity index is 1.47. The second kappa shape index (κ2) is 5.98. The summed E-state index contributed by atoms with van der Waals surface area (Å²) in [6, 6.07) is 10.1. The number of likely N-dealkylation sites (tertiary alicyclic amines) is 1. The molecule has 2 heterocycles. The molecule has 3 nitrogen and oxygen atoms in total. The molecular weight excluding hydrogens is 310 g/mol. The lowest BCUT2D eigenvalue weighted by Crippen LogP contribution is -2.20. The summed E-state index contributed by atoms with van der Waals surface area (Å²) in [6.07, 6.45) is 0.954. The molecule has 2 aromatic carbocycles. The van der Waals surface area contributed by atoms with Gasteiger partial charge in [0, 0.05) is 19.0 Å². The van der Waals surface area contributed by atoms with Crippen molar-refractivity contribution in [2.75, 3.05) is 13.1 Å². The fourth-order valence-corrected chi connectivity index (χ4v) is 3.30. The van der Waals surface area contributed by atoms with Crippen molar-refractivity contribution in [2.45, 2.75) is 25.8 Å². The summed E-state index contributed by atoms with van der Waals surface area (Å²) in [5.41, 5.74) is 3.65. The molecule has 124 valence electrons. The summed E-state index contributed by atoms with van der Waals surface area (Å²) in [6.45, 7) is 4.34. The van der Waals surface area contributed by atoms with Crippen LogP contribution in [0.15, 0.2) is 40.8 Å². The van der Waals surface area contributed by atoms with Gasteiger partial charge in [-0.3, -0.25) is 4.90 Å². The molecular formula is C19H18F2N2O. The molecule has 0 unspecified atom stereocenters. The zero-order valence-electron chi connectivity index (χ0n) is 13.4. The van der Waals surface area contributed by atoms with Gasteiger partial charge in [0.1, 0.15) is 5.52 Å². The standard InChI is InChI=1S/C19H18F2N2O/c1-12-2-5-18-17(8-12)22-19(24-18)14-6-7-23(11-14)10-13-3-4-15(20)16(21)9-13/h2-5,8-9,14H,6-7,10-11H2,1H3/t14-/m0/s1. The third-order valence-corrected chi connectivity index (χ3v) is 4.57. The van der Waals surface area contributed by atoms with E-state index >= 15 is 0 Å². The van der Waals surface area contributed by atoms with Gasteiger partial charge >= 0.3 is 0 Å². The Morgan fingerprint density at radius 2 is 2.04 bits per heavy atom. The van der Waals surface area contributed by atoms with Gasteiger partial charge in [-0.2, -0.15) is 0 Å². The average Bonchev–Trinajstić information content (AvgIpc) is 3.17. The van der Waals surface area contributed by atoms with Crippen LogP contribution in [0.25, 0.3) is 11.1 Å². The summed E-state index contributed by atoms with van der Waals surface area (Å²) in [5, 5.41) is 0. The van der Waals surface area contributed by atoms with Gasteiger partial charge in [-0.25, -0.2) is 13.8 Å². The molecule has 5 heteroatoms. The van der Waals surface area contributed by atoms with E-state index in [1.807, 2.05) is 25.1 Å². The number of fused-ring (bicyclic) bond motifs is 1. The number of oxazole rings is 1. The molecule has 0 amide bonds. The second-order valence-electron chi connectivity index (χ2n) is 6.49. The SMILES string of the molecule is Cc1ccc2oc([C@H]3CCN(Cc4ccc(F)c(F)c4)C3)nc2c1. The summed E-state index contributed by atoms with van der Waals surface area (Å²) in [5.74, 6) is -0.594. The predicted molar refractivity (Wildman–Crippen MR) is 87.7 cm³/mol. The highest BCUT2D eigenvalue weighted by molar-refractivity contribution is 5.73. The van der Waals surface area contributed by atoms with Crippen LogP contribution in [0.3, 0.4) is 0 Å². The maximum Gasteiger partial charge on any atom is 0.199 e. The van der Waals surface area contributed by atoms with Crippen LogP contribution in [-0.4, -0.2) is 23.0 Å². The van der Waals surface area contributed by atoms with Gasteiger partial charge in [0.25, 0.3) is 0 Å². The Morgan fingerprint density at radius 1 is 1.17 bits per heavy atom. The molecule has 1 aromatic heterocycles. The molecule has 0 aliphatic carbocycles. The predicted octanol–water partition coefficient (Wildman–Crippen LogP) is 4.40. The first-order chi connectivity index (χ1) is 11.6. The number of nitrogens with zero attached hydrogens (tertiary/aromatic N) is 2. The monoisotopic (exact) mass is 328 g/mol. The maximum absolute atomic E-state index is 13.3. The van der Waals surface area contributed by atoms with Gasteiger partial charge in [-0.05, 0) is 55.3 Å². The normalized spacial score (nSPS) is 18.5. The Labute approximate surface area is 138 Å². The molecule has 0 saturated carbocycles. The van der Waals surface area contributed by atoms with Gasteiger partial charge in [0.2, 0.25) is 0 Å². The number of rotatable bonds is 3. The first-order valence-electron chi connectivity index (χ1n) is 8.12. The van der Waals surface area contributed by atoms with Crippen LogP contribution in [0.2, 0.25) is 0 Å². The van der Waals surface area contributed by atoms with Gasteiger partial charge in [-0.1, -0.05) is 12.1 Å². The quantitative estimate of drug-likeness (QED) is 0.713. The molecule has 0 spiro atoms. The molecule has 0 bridgehead atoms. The minimum absolute atomic E-state index is 0.239. The Bertz CT molecular complexity index is 890. The van der Waals surface area contributed by atoms with Crippen LogP contribution in [0.5, 0.6) is 0 Å². The highest BCUT2D eigenvalue weighted by Crippen LogP contribution is 2.30. The number of aromatic nitrogens is 1. The van der Waals surface area contributed by atoms with E-state index in [1.165, 1.54) is 12.1 Å². The zero-order chi connectivity index (χ0) is 16.7. The highest BCUT2D eigenvalue weighted by Gasteiger charge is 2.28. The molecule has 1 fully saturated rings. The fraction of sp³-hybridized carbons (Fsp3) is 0.316. The van der Waals surface area contributed by atoms with Crippen LogP contribution in [0.1, 0.15) is 29.4 Å². The summed E-state index contributed by atoms with van der Waals surface area (Å²) in [4.78, 5) is 6.84. The second-order valence-corrected chi connectivity index (χ2v) is 6.49.